The lowest BCUT2D eigenvalue weighted by molar-refractivity contribution is -0.166. The summed E-state index contributed by atoms with van der Waals surface area (Å²) >= 11 is 0. The maximum absolute atomic E-state index is 12.7. The number of hydrogen-bond acceptors (Lipinski definition) is 6. The molecule has 400 valence electrons. The highest BCUT2D eigenvalue weighted by Gasteiger charge is 2.19. The maximum atomic E-state index is 12.7. The quantitative estimate of drug-likeness (QED) is 0.0262. The van der Waals surface area contributed by atoms with Crippen LogP contribution in [0.25, 0.3) is 0 Å². The van der Waals surface area contributed by atoms with Gasteiger partial charge in [0.2, 0.25) is 0 Å². The van der Waals surface area contributed by atoms with Gasteiger partial charge in [0.1, 0.15) is 13.2 Å². The van der Waals surface area contributed by atoms with E-state index in [9.17, 15) is 14.4 Å². The average molecular weight is 990 g/mol. The van der Waals surface area contributed by atoms with E-state index in [1.54, 1.807) is 6.08 Å². The number of rotatable bonds is 48. The van der Waals surface area contributed by atoms with Crippen molar-refractivity contribution >= 4 is 17.9 Å². The summed E-state index contributed by atoms with van der Waals surface area (Å²) in [5, 5.41) is 0. The van der Waals surface area contributed by atoms with Crippen LogP contribution in [-0.2, 0) is 28.6 Å². The first-order chi connectivity index (χ1) is 35.5. The van der Waals surface area contributed by atoms with Crippen molar-refractivity contribution in [1.29, 1.82) is 0 Å². The van der Waals surface area contributed by atoms with Gasteiger partial charge in [-0.25, -0.2) is 0 Å². The second-order valence-corrected chi connectivity index (χ2v) is 17.8. The third-order valence-electron chi connectivity index (χ3n) is 11.0. The largest absolute Gasteiger partial charge is 0.462 e. The van der Waals surface area contributed by atoms with Gasteiger partial charge in [-0.1, -0.05) is 242 Å². The summed E-state index contributed by atoms with van der Waals surface area (Å²) in [6, 6.07) is 0. The van der Waals surface area contributed by atoms with Crippen LogP contribution >= 0.6 is 0 Å². The Morgan fingerprint density at radius 1 is 0.306 bits per heavy atom. The van der Waals surface area contributed by atoms with E-state index in [0.29, 0.717) is 19.3 Å². The first-order valence-corrected chi connectivity index (χ1v) is 28.1. The van der Waals surface area contributed by atoms with Gasteiger partial charge >= 0.3 is 17.9 Å². The fourth-order valence-corrected chi connectivity index (χ4v) is 6.86. The molecule has 1 atom stereocenters. The highest BCUT2D eigenvalue weighted by molar-refractivity contribution is 5.72. The van der Waals surface area contributed by atoms with Gasteiger partial charge in [0, 0.05) is 12.8 Å². The summed E-state index contributed by atoms with van der Waals surface area (Å²) < 4.78 is 16.6. The Bertz CT molecular complexity index is 1700. The van der Waals surface area contributed by atoms with Crippen molar-refractivity contribution in [1.82, 2.24) is 0 Å². The Labute approximate surface area is 441 Å². The lowest BCUT2D eigenvalue weighted by Gasteiger charge is -2.18. The number of carbonyl (C=O) groups is 3. The van der Waals surface area contributed by atoms with Crippen molar-refractivity contribution in [2.45, 2.75) is 213 Å². The molecule has 0 amide bonds. The van der Waals surface area contributed by atoms with E-state index in [4.69, 9.17) is 14.2 Å². The molecule has 0 saturated heterocycles. The number of esters is 3. The summed E-state index contributed by atoms with van der Waals surface area (Å²) in [7, 11) is 0. The van der Waals surface area contributed by atoms with Gasteiger partial charge in [-0.2, -0.15) is 0 Å². The van der Waals surface area contributed by atoms with Crippen molar-refractivity contribution in [2.75, 3.05) is 13.2 Å². The summed E-state index contributed by atoms with van der Waals surface area (Å²) in [4.78, 5) is 37.8. The van der Waals surface area contributed by atoms with Gasteiger partial charge in [0.05, 0.1) is 6.42 Å². The van der Waals surface area contributed by atoms with Crippen LogP contribution in [0.15, 0.2) is 170 Å². The van der Waals surface area contributed by atoms with Crippen LogP contribution < -0.4 is 0 Å². The molecule has 0 fully saturated rings. The van der Waals surface area contributed by atoms with Crippen LogP contribution in [0.5, 0.6) is 0 Å². The molecule has 0 aliphatic rings. The fourth-order valence-electron chi connectivity index (χ4n) is 6.86. The molecule has 0 radical (unpaired) electrons. The monoisotopic (exact) mass is 989 g/mol. The molecular weight excluding hydrogens is 889 g/mol. The van der Waals surface area contributed by atoms with E-state index in [2.05, 4.69) is 179 Å². The summed E-state index contributed by atoms with van der Waals surface area (Å²) in [5.74, 6) is -1.12. The Morgan fingerprint density at radius 2 is 0.583 bits per heavy atom. The second kappa shape index (κ2) is 58.3. The van der Waals surface area contributed by atoms with Crippen molar-refractivity contribution < 1.29 is 28.6 Å². The number of ether oxygens (including phenoxy) is 3. The van der Waals surface area contributed by atoms with Gasteiger partial charge < -0.3 is 14.2 Å². The molecule has 0 N–H and O–H groups in total. The Kier molecular flexibility index (Phi) is 54.1. The summed E-state index contributed by atoms with van der Waals surface area (Å²) in [6.07, 6.45) is 86.8. The molecule has 0 saturated carbocycles. The third-order valence-corrected chi connectivity index (χ3v) is 11.0. The molecule has 0 aromatic rings. The number of allylic oxidation sites excluding steroid dienone is 27. The van der Waals surface area contributed by atoms with Gasteiger partial charge in [-0.15, -0.1) is 0 Å². The van der Waals surface area contributed by atoms with Gasteiger partial charge in [-0.05, 0) is 116 Å². The topological polar surface area (TPSA) is 78.9 Å². The predicted octanol–water partition coefficient (Wildman–Crippen LogP) is 19.1. The zero-order chi connectivity index (χ0) is 52.2. The molecule has 0 aromatic heterocycles. The zero-order valence-corrected chi connectivity index (χ0v) is 45.6. The van der Waals surface area contributed by atoms with E-state index in [-0.39, 0.29) is 31.6 Å². The van der Waals surface area contributed by atoms with Gasteiger partial charge in [0.25, 0.3) is 0 Å². The van der Waals surface area contributed by atoms with Crippen LogP contribution in [0.2, 0.25) is 0 Å². The molecule has 0 aliphatic carbocycles. The molecule has 0 rings (SSSR count). The minimum absolute atomic E-state index is 0.0819. The van der Waals surface area contributed by atoms with Crippen LogP contribution in [-0.4, -0.2) is 37.2 Å². The first kappa shape index (κ1) is 66.8. The minimum Gasteiger partial charge on any atom is -0.462 e. The smallest absolute Gasteiger partial charge is 0.310 e. The van der Waals surface area contributed by atoms with Crippen LogP contribution in [0.1, 0.15) is 207 Å². The maximum Gasteiger partial charge on any atom is 0.310 e. The molecule has 0 bridgehead atoms. The molecule has 6 nitrogen and oxygen atoms in total. The number of carbonyl (C=O) groups excluding carboxylic acids is 3. The molecular formula is C66H100O6. The van der Waals surface area contributed by atoms with Crippen LogP contribution in [0.4, 0.5) is 0 Å². The molecule has 0 aromatic carbocycles. The highest BCUT2D eigenvalue weighted by Crippen LogP contribution is 2.12. The predicted molar refractivity (Wildman–Crippen MR) is 311 cm³/mol. The van der Waals surface area contributed by atoms with Crippen LogP contribution in [0.3, 0.4) is 0 Å². The molecule has 0 heterocycles. The van der Waals surface area contributed by atoms with E-state index in [0.717, 1.165) is 128 Å². The van der Waals surface area contributed by atoms with E-state index < -0.39 is 12.1 Å². The van der Waals surface area contributed by atoms with Crippen molar-refractivity contribution in [3.05, 3.63) is 170 Å². The first-order valence-electron chi connectivity index (χ1n) is 28.1. The van der Waals surface area contributed by atoms with Crippen LogP contribution in [0, 0.1) is 0 Å². The molecule has 6 heteroatoms. The van der Waals surface area contributed by atoms with Crippen molar-refractivity contribution in [2.24, 2.45) is 0 Å². The molecule has 72 heavy (non-hydrogen) atoms. The average Bonchev–Trinajstić information content (AvgIpc) is 3.38. The number of unbranched alkanes of at least 4 members (excludes halogenated alkanes) is 10. The summed E-state index contributed by atoms with van der Waals surface area (Å²) in [6.45, 7) is 6.23. The third kappa shape index (κ3) is 55.7. The molecule has 1 unspecified atom stereocenters. The van der Waals surface area contributed by atoms with E-state index in [1.807, 2.05) is 6.08 Å². The van der Waals surface area contributed by atoms with E-state index >= 15 is 0 Å². The minimum atomic E-state index is -0.852. The summed E-state index contributed by atoms with van der Waals surface area (Å²) in [5.41, 5.74) is 0. The van der Waals surface area contributed by atoms with Crippen molar-refractivity contribution in [3.63, 3.8) is 0 Å². The Hall–Kier alpha value is -5.23. The Morgan fingerprint density at radius 3 is 0.917 bits per heavy atom. The van der Waals surface area contributed by atoms with Gasteiger partial charge in [0.15, 0.2) is 6.10 Å². The standard InChI is InChI=1S/C66H100O6/c1-4-7-10-13-16-19-21-23-25-26-27-28-29-30-31-32-33-34-35-36-37-38-39-40-42-43-45-47-50-53-56-59-65(68)71-62-63(61-70-64(67)58-55-52-49-18-15-12-9-6-3)72-66(69)60-57-54-51-48-46-44-41-24-22-20-17-14-11-8-5-2/h7-8,10-11,16-17,19-20,23-25,27-28,30-31,33-34,36-37,39-41,43,45-46,48,54,57,63H,4-6,9,12-15,18,21-22,26,29,32,35,38,42,44,47,49-53,55-56,58-62H2,1-3H3/b10-7-,11-8-,19-16-,20-17-,25-23-,28-27-,31-30-,34-33-,37-36-,40-39-,41-24-,45-43-,48-46-,57-54-. The number of hydrogen-bond donors (Lipinski definition) is 0. The highest BCUT2D eigenvalue weighted by atomic mass is 16.6. The lowest BCUT2D eigenvalue weighted by Crippen LogP contribution is -2.30. The normalized spacial score (nSPS) is 13.4. The van der Waals surface area contributed by atoms with Crippen molar-refractivity contribution in [3.8, 4) is 0 Å². The Balaban J connectivity index is 4.38. The molecule has 0 aliphatic heterocycles. The zero-order valence-electron chi connectivity index (χ0n) is 45.6. The lowest BCUT2D eigenvalue weighted by atomic mass is 10.1. The van der Waals surface area contributed by atoms with E-state index in [1.165, 1.54) is 32.1 Å². The second-order valence-electron chi connectivity index (χ2n) is 17.8. The SMILES string of the molecule is CC/C=C\C/C=C\C/C=C\C/C=C\C/C=C\C/C=C\C/C=C\C/C=C\C/C=C\CCCCCC(=O)OCC(COC(=O)CCCCCCCCCC)OC(=O)C/C=C\C/C=C\C/C=C\C/C=C\C/C=C\CC. The molecule has 0 spiro atoms. The van der Waals surface area contributed by atoms with Gasteiger partial charge in [-0.3, -0.25) is 14.4 Å². The fraction of sp³-hybridized carbons (Fsp3) is 0.530.